The van der Waals surface area contributed by atoms with Crippen LogP contribution in [0.1, 0.15) is 38.8 Å². The Hall–Kier alpha value is -1.40. The molecule has 6 heteroatoms. The second kappa shape index (κ2) is 6.30. The normalized spacial score (nSPS) is 26.3. The van der Waals surface area contributed by atoms with Crippen LogP contribution in [-0.4, -0.2) is 21.3 Å². The van der Waals surface area contributed by atoms with Crippen molar-refractivity contribution in [2.75, 3.05) is 0 Å². The fraction of sp³-hybridized carbons (Fsp3) is 0.435. The third-order valence-electron chi connectivity index (χ3n) is 6.44. The van der Waals surface area contributed by atoms with Gasteiger partial charge in [-0.05, 0) is 11.1 Å². The third kappa shape index (κ3) is 2.54. The predicted octanol–water partition coefficient (Wildman–Crippen LogP) is 6.67. The lowest BCUT2D eigenvalue weighted by Crippen LogP contribution is -2.70. The van der Waals surface area contributed by atoms with E-state index in [0.29, 0.717) is 11.1 Å². The highest BCUT2D eigenvalue weighted by atomic mass is 32.2. The molecule has 2 aliphatic rings. The van der Waals surface area contributed by atoms with Crippen LogP contribution in [0.15, 0.2) is 60.7 Å². The summed E-state index contributed by atoms with van der Waals surface area (Å²) >= 11 is 2.27. The van der Waals surface area contributed by atoms with E-state index in [1.165, 1.54) is 11.8 Å². The van der Waals surface area contributed by atoms with Crippen LogP contribution in [-0.2, 0) is 9.54 Å². The average molecular weight is 437 g/mol. The minimum atomic E-state index is -4.43. The first-order valence-corrected chi connectivity index (χ1v) is 11.2. The molecule has 154 valence electrons. The molecule has 0 amide bonds. The van der Waals surface area contributed by atoms with Gasteiger partial charge < -0.3 is 0 Å². The zero-order valence-corrected chi connectivity index (χ0v) is 18.3. The summed E-state index contributed by atoms with van der Waals surface area (Å²) in [6, 6.07) is 17.9. The highest BCUT2D eigenvalue weighted by Crippen LogP contribution is 2.82. The Morgan fingerprint density at radius 2 is 1.21 bits per heavy atom. The molecule has 1 saturated carbocycles. The van der Waals surface area contributed by atoms with Crippen molar-refractivity contribution in [3.63, 3.8) is 0 Å². The maximum absolute atomic E-state index is 14.6. The smallest absolute Gasteiger partial charge is 0.298 e. The number of hydrogen-bond acceptors (Lipinski definition) is 3. The summed E-state index contributed by atoms with van der Waals surface area (Å²) in [5, 5.41) is -1.67. The fourth-order valence-corrected chi connectivity index (χ4v) is 9.90. The summed E-state index contributed by atoms with van der Waals surface area (Å²) in [7, 11) is 0. The Labute approximate surface area is 177 Å². The van der Waals surface area contributed by atoms with Crippen LogP contribution >= 0.6 is 23.5 Å². The van der Waals surface area contributed by atoms with Gasteiger partial charge in [0.1, 0.15) is 11.0 Å². The van der Waals surface area contributed by atoms with Crippen molar-refractivity contribution in [2.45, 2.75) is 47.9 Å². The number of Topliss-reactive ketones (excluding diaryl/α,β-unsaturated/α-hetero) is 1. The van der Waals surface area contributed by atoms with E-state index in [0.717, 1.165) is 11.8 Å². The summed E-state index contributed by atoms with van der Waals surface area (Å²) in [4.78, 5) is 12.9. The van der Waals surface area contributed by atoms with Crippen LogP contribution in [0.25, 0.3) is 0 Å². The van der Waals surface area contributed by atoms with Gasteiger partial charge in [-0.25, -0.2) is 0 Å². The highest BCUT2D eigenvalue weighted by Gasteiger charge is 2.81. The van der Waals surface area contributed by atoms with Gasteiger partial charge >= 0.3 is 6.18 Å². The van der Waals surface area contributed by atoms with E-state index in [9.17, 15) is 18.0 Å². The molecule has 1 saturated heterocycles. The van der Waals surface area contributed by atoms with Gasteiger partial charge in [0.2, 0.25) is 0 Å². The minimum absolute atomic E-state index is 0.0165. The quantitative estimate of drug-likeness (QED) is 0.523. The number of hydrogen-bond donors (Lipinski definition) is 0. The van der Waals surface area contributed by atoms with Crippen molar-refractivity contribution in [1.82, 2.24) is 0 Å². The van der Waals surface area contributed by atoms with Crippen molar-refractivity contribution in [1.29, 1.82) is 0 Å². The molecule has 1 aliphatic heterocycles. The largest absolute Gasteiger partial charge is 0.402 e. The van der Waals surface area contributed by atoms with Crippen LogP contribution < -0.4 is 0 Å². The molecule has 0 aromatic heterocycles. The van der Waals surface area contributed by atoms with E-state index in [4.69, 9.17) is 0 Å². The van der Waals surface area contributed by atoms with E-state index in [2.05, 4.69) is 0 Å². The molecule has 2 aromatic carbocycles. The SMILES string of the molecule is CC1(C)C(=O)C(C)(C)C12SC(C(F)(F)F)C(c1ccccc1)(c1ccccc1)S2. The first-order chi connectivity index (χ1) is 13.4. The van der Waals surface area contributed by atoms with E-state index < -0.39 is 31.1 Å². The molecule has 1 nitrogen and oxygen atoms in total. The summed E-state index contributed by atoms with van der Waals surface area (Å²) in [6.45, 7) is 7.17. The number of ketones is 1. The molecule has 1 atom stereocenters. The first-order valence-electron chi connectivity index (χ1n) is 9.52. The monoisotopic (exact) mass is 436 g/mol. The summed E-state index contributed by atoms with van der Waals surface area (Å²) in [5.41, 5.74) is -0.482. The minimum Gasteiger partial charge on any atom is -0.298 e. The molecule has 1 aliphatic carbocycles. The van der Waals surface area contributed by atoms with Gasteiger partial charge in [0.15, 0.2) is 0 Å². The molecular formula is C23H23F3OS2. The Morgan fingerprint density at radius 3 is 1.59 bits per heavy atom. The lowest BCUT2D eigenvalue weighted by atomic mass is 9.53. The fourth-order valence-electron chi connectivity index (χ4n) is 5.16. The lowest BCUT2D eigenvalue weighted by molar-refractivity contribution is -0.152. The van der Waals surface area contributed by atoms with Gasteiger partial charge in [-0.2, -0.15) is 13.2 Å². The maximum atomic E-state index is 14.6. The molecule has 4 rings (SSSR count). The molecule has 2 aromatic rings. The summed E-state index contributed by atoms with van der Waals surface area (Å²) < 4.78 is 41.6. The standard InChI is InChI=1S/C23H23F3OS2/c1-19(2)17(27)20(3,4)23(19)28-18(22(24,25)26)21(29-23,15-11-7-5-8-12-15)16-13-9-6-10-14-16/h5-14,18H,1-4H3. The number of alkyl halides is 3. The van der Waals surface area contributed by atoms with Crippen molar-refractivity contribution < 1.29 is 18.0 Å². The Kier molecular flexibility index (Phi) is 4.53. The van der Waals surface area contributed by atoms with Gasteiger partial charge in [-0.1, -0.05) is 88.4 Å². The molecule has 1 spiro atoms. The van der Waals surface area contributed by atoms with Crippen LogP contribution in [0.3, 0.4) is 0 Å². The second-order valence-corrected chi connectivity index (χ2v) is 11.8. The number of thioether (sulfide) groups is 2. The van der Waals surface area contributed by atoms with E-state index in [-0.39, 0.29) is 5.78 Å². The van der Waals surface area contributed by atoms with Crippen LogP contribution in [0, 0.1) is 10.8 Å². The average Bonchev–Trinajstić information content (AvgIpc) is 3.10. The van der Waals surface area contributed by atoms with Crippen LogP contribution in [0.4, 0.5) is 13.2 Å². The van der Waals surface area contributed by atoms with Crippen molar-refractivity contribution in [2.24, 2.45) is 10.8 Å². The Bertz CT molecular complexity index is 878. The number of carbonyl (C=O) groups excluding carboxylic acids is 1. The molecule has 29 heavy (non-hydrogen) atoms. The van der Waals surface area contributed by atoms with Crippen LogP contribution in [0.5, 0.6) is 0 Å². The predicted molar refractivity (Wildman–Crippen MR) is 114 cm³/mol. The van der Waals surface area contributed by atoms with Crippen LogP contribution in [0.2, 0.25) is 0 Å². The Morgan fingerprint density at radius 1 is 0.793 bits per heavy atom. The van der Waals surface area contributed by atoms with Crippen molar-refractivity contribution in [3.05, 3.63) is 71.8 Å². The van der Waals surface area contributed by atoms with Crippen molar-refractivity contribution >= 4 is 29.3 Å². The molecule has 0 bridgehead atoms. The molecule has 1 unspecified atom stereocenters. The van der Waals surface area contributed by atoms with Gasteiger partial charge in [0.25, 0.3) is 0 Å². The molecule has 1 heterocycles. The van der Waals surface area contributed by atoms with Gasteiger partial charge in [0.05, 0.1) is 8.83 Å². The number of rotatable bonds is 2. The van der Waals surface area contributed by atoms with Gasteiger partial charge in [-0.3, -0.25) is 4.79 Å². The number of benzene rings is 2. The molecule has 0 radical (unpaired) electrons. The van der Waals surface area contributed by atoms with Crippen molar-refractivity contribution in [3.8, 4) is 0 Å². The topological polar surface area (TPSA) is 17.1 Å². The third-order valence-corrected chi connectivity index (χ3v) is 11.7. The number of halogens is 3. The maximum Gasteiger partial charge on any atom is 0.402 e. The van der Waals surface area contributed by atoms with E-state index in [1.807, 2.05) is 12.1 Å². The summed E-state index contributed by atoms with van der Waals surface area (Å²) in [6.07, 6.45) is -4.43. The number of carbonyl (C=O) groups is 1. The highest BCUT2D eigenvalue weighted by molar-refractivity contribution is 8.22. The second-order valence-electron chi connectivity index (χ2n) is 8.80. The van der Waals surface area contributed by atoms with E-state index >= 15 is 0 Å². The molecule has 2 fully saturated rings. The Balaban J connectivity index is 2.03. The molecular weight excluding hydrogens is 413 g/mol. The van der Waals surface area contributed by atoms with Gasteiger partial charge in [-0.15, -0.1) is 23.5 Å². The zero-order chi connectivity index (χ0) is 21.3. The van der Waals surface area contributed by atoms with E-state index in [1.54, 1.807) is 76.2 Å². The molecule has 0 N–H and O–H groups in total. The zero-order valence-electron chi connectivity index (χ0n) is 16.7. The lowest BCUT2D eigenvalue weighted by Gasteiger charge is -2.63. The summed E-state index contributed by atoms with van der Waals surface area (Å²) in [5.74, 6) is 0.0165. The first kappa shape index (κ1) is 20.9. The van der Waals surface area contributed by atoms with Gasteiger partial charge in [0, 0.05) is 10.8 Å².